The molecule has 0 fully saturated rings. The van der Waals surface area contributed by atoms with Gasteiger partial charge in [-0.25, -0.2) is 5.01 Å². The van der Waals surface area contributed by atoms with Gasteiger partial charge in [-0.2, -0.15) is 0 Å². The Balaban J connectivity index is 2.93. The van der Waals surface area contributed by atoms with E-state index in [4.69, 9.17) is 4.74 Å². The Kier molecular flexibility index (Phi) is 4.52. The number of methoxy groups -OCH3 is 1. The van der Waals surface area contributed by atoms with E-state index < -0.39 is 0 Å². The first kappa shape index (κ1) is 13.5. The van der Waals surface area contributed by atoms with Gasteiger partial charge in [0.1, 0.15) is 5.75 Å². The van der Waals surface area contributed by atoms with Crippen LogP contribution < -0.4 is 10.2 Å². The zero-order valence-corrected chi connectivity index (χ0v) is 11.1. The highest BCUT2D eigenvalue weighted by Crippen LogP contribution is 2.24. The molecule has 0 aliphatic carbocycles. The predicted molar refractivity (Wildman–Crippen MR) is 68.0 cm³/mol. The highest BCUT2D eigenvalue weighted by Gasteiger charge is 2.12. The maximum absolute atomic E-state index is 11.7. The lowest BCUT2D eigenvalue weighted by Crippen LogP contribution is -2.37. The van der Waals surface area contributed by atoms with E-state index in [1.54, 1.807) is 26.2 Å². The van der Waals surface area contributed by atoms with E-state index in [1.807, 2.05) is 19.9 Å². The highest BCUT2D eigenvalue weighted by molar-refractivity contribution is 5.79. The number of hydrogen-bond donors (Lipinski definition) is 1. The molecular weight excluding hydrogens is 216 g/mol. The van der Waals surface area contributed by atoms with Crippen molar-refractivity contribution in [2.24, 2.45) is 0 Å². The van der Waals surface area contributed by atoms with E-state index >= 15 is 0 Å². The number of nitrogens with one attached hydrogen (secondary N) is 1. The van der Waals surface area contributed by atoms with E-state index in [0.717, 1.165) is 22.4 Å². The van der Waals surface area contributed by atoms with Crippen molar-refractivity contribution >= 4 is 5.91 Å². The van der Waals surface area contributed by atoms with Crippen molar-refractivity contribution in [2.75, 3.05) is 21.2 Å². The van der Waals surface area contributed by atoms with Crippen LogP contribution in [0.3, 0.4) is 0 Å². The minimum absolute atomic E-state index is 0.0414. The van der Waals surface area contributed by atoms with Crippen molar-refractivity contribution in [3.05, 3.63) is 28.8 Å². The molecule has 1 rings (SSSR count). The summed E-state index contributed by atoms with van der Waals surface area (Å²) in [6, 6.07) is 4.01. The fourth-order valence-electron chi connectivity index (χ4n) is 1.82. The number of benzene rings is 1. The minimum atomic E-state index is -0.0414. The van der Waals surface area contributed by atoms with Crippen LogP contribution in [0.25, 0.3) is 0 Å². The third-order valence-electron chi connectivity index (χ3n) is 2.48. The van der Waals surface area contributed by atoms with Gasteiger partial charge in [-0.3, -0.25) is 10.2 Å². The average Bonchev–Trinajstić information content (AvgIpc) is 2.20. The van der Waals surface area contributed by atoms with Gasteiger partial charge in [-0.05, 0) is 31.0 Å². The number of amides is 1. The minimum Gasteiger partial charge on any atom is -0.496 e. The van der Waals surface area contributed by atoms with Crippen molar-refractivity contribution in [1.29, 1.82) is 0 Å². The van der Waals surface area contributed by atoms with E-state index in [0.29, 0.717) is 6.42 Å². The van der Waals surface area contributed by atoms with Crippen LogP contribution in [-0.2, 0) is 11.2 Å². The maximum Gasteiger partial charge on any atom is 0.238 e. The average molecular weight is 236 g/mol. The van der Waals surface area contributed by atoms with Crippen LogP contribution in [-0.4, -0.2) is 32.1 Å². The molecule has 4 heteroatoms. The van der Waals surface area contributed by atoms with Gasteiger partial charge in [0.25, 0.3) is 0 Å². The van der Waals surface area contributed by atoms with Crippen LogP contribution >= 0.6 is 0 Å². The van der Waals surface area contributed by atoms with Crippen molar-refractivity contribution < 1.29 is 9.53 Å². The van der Waals surface area contributed by atoms with Crippen LogP contribution in [0.1, 0.15) is 16.7 Å². The molecule has 0 atom stereocenters. The molecule has 0 radical (unpaired) electrons. The Labute approximate surface area is 103 Å². The first-order valence-corrected chi connectivity index (χ1v) is 5.55. The Morgan fingerprint density at radius 2 is 2.00 bits per heavy atom. The second-order valence-corrected chi connectivity index (χ2v) is 4.37. The largest absolute Gasteiger partial charge is 0.496 e. The van der Waals surface area contributed by atoms with E-state index in [-0.39, 0.29) is 5.91 Å². The molecule has 0 aliphatic rings. The maximum atomic E-state index is 11.7. The van der Waals surface area contributed by atoms with Gasteiger partial charge in [0.05, 0.1) is 13.5 Å². The summed E-state index contributed by atoms with van der Waals surface area (Å²) in [6.45, 7) is 4.01. The highest BCUT2D eigenvalue weighted by atomic mass is 16.5. The van der Waals surface area contributed by atoms with Gasteiger partial charge in [0.2, 0.25) is 5.91 Å². The van der Waals surface area contributed by atoms with Gasteiger partial charge < -0.3 is 4.74 Å². The van der Waals surface area contributed by atoms with Gasteiger partial charge in [-0.15, -0.1) is 0 Å². The van der Waals surface area contributed by atoms with Crippen LogP contribution in [0.5, 0.6) is 5.75 Å². The quantitative estimate of drug-likeness (QED) is 0.804. The van der Waals surface area contributed by atoms with Crippen molar-refractivity contribution in [3.8, 4) is 5.75 Å². The van der Waals surface area contributed by atoms with Gasteiger partial charge in [0, 0.05) is 19.7 Å². The molecule has 0 aromatic heterocycles. The SMILES string of the molecule is COc1cc(C)cc(C)c1CC(=O)NN(C)C. The number of carbonyl (C=O) groups excluding carboxylic acids is 1. The molecule has 1 aromatic rings. The van der Waals surface area contributed by atoms with Crippen molar-refractivity contribution in [2.45, 2.75) is 20.3 Å². The first-order chi connectivity index (χ1) is 7.93. The summed E-state index contributed by atoms with van der Waals surface area (Å²) in [5, 5.41) is 1.64. The van der Waals surface area contributed by atoms with Crippen molar-refractivity contribution in [1.82, 2.24) is 10.4 Å². The Hall–Kier alpha value is -1.55. The second kappa shape index (κ2) is 5.68. The number of nitrogens with zero attached hydrogens (tertiary/aromatic N) is 1. The first-order valence-electron chi connectivity index (χ1n) is 5.55. The van der Waals surface area contributed by atoms with E-state index in [1.165, 1.54) is 0 Å². The number of carbonyl (C=O) groups is 1. The normalized spacial score (nSPS) is 10.5. The topological polar surface area (TPSA) is 41.6 Å². The molecule has 94 valence electrons. The molecular formula is C13H20N2O2. The van der Waals surface area contributed by atoms with Gasteiger partial charge >= 0.3 is 0 Å². The van der Waals surface area contributed by atoms with E-state index in [9.17, 15) is 4.79 Å². The zero-order valence-electron chi connectivity index (χ0n) is 11.1. The molecule has 1 amide bonds. The second-order valence-electron chi connectivity index (χ2n) is 4.37. The summed E-state index contributed by atoms with van der Waals surface area (Å²) in [5.41, 5.74) is 5.88. The summed E-state index contributed by atoms with van der Waals surface area (Å²) in [5.74, 6) is 0.733. The molecule has 0 aliphatic heterocycles. The van der Waals surface area contributed by atoms with Crippen molar-refractivity contribution in [3.63, 3.8) is 0 Å². The standard InChI is InChI=1S/C13H20N2O2/c1-9-6-10(2)11(12(7-9)17-5)8-13(16)14-15(3)4/h6-7H,8H2,1-5H3,(H,14,16). The van der Waals surface area contributed by atoms with Crippen LogP contribution in [0.2, 0.25) is 0 Å². The Morgan fingerprint density at radius 3 is 2.53 bits per heavy atom. The molecule has 0 saturated heterocycles. The molecule has 0 saturated carbocycles. The number of rotatable bonds is 4. The lowest BCUT2D eigenvalue weighted by atomic mass is 10.0. The fourth-order valence-corrected chi connectivity index (χ4v) is 1.82. The molecule has 17 heavy (non-hydrogen) atoms. The van der Waals surface area contributed by atoms with Gasteiger partial charge in [0.15, 0.2) is 0 Å². The van der Waals surface area contributed by atoms with Crippen LogP contribution in [0.4, 0.5) is 0 Å². The molecule has 1 N–H and O–H groups in total. The molecule has 0 spiro atoms. The zero-order chi connectivity index (χ0) is 13.0. The molecule has 1 aromatic carbocycles. The fraction of sp³-hybridized carbons (Fsp3) is 0.462. The summed E-state index contributed by atoms with van der Waals surface area (Å²) >= 11 is 0. The number of hydrogen-bond acceptors (Lipinski definition) is 3. The van der Waals surface area contributed by atoms with E-state index in [2.05, 4.69) is 11.5 Å². The van der Waals surface area contributed by atoms with Gasteiger partial charge in [-0.1, -0.05) is 6.07 Å². The van der Waals surface area contributed by atoms with Crippen LogP contribution in [0.15, 0.2) is 12.1 Å². The summed E-state index contributed by atoms with van der Waals surface area (Å²) < 4.78 is 5.32. The smallest absolute Gasteiger partial charge is 0.238 e. The third kappa shape index (κ3) is 3.75. The molecule has 4 nitrogen and oxygen atoms in total. The van der Waals surface area contributed by atoms with Crippen LogP contribution in [0, 0.1) is 13.8 Å². The number of hydrazine groups is 1. The number of ether oxygens (including phenoxy) is 1. The molecule has 0 unspecified atom stereocenters. The lowest BCUT2D eigenvalue weighted by Gasteiger charge is -2.15. The third-order valence-corrected chi connectivity index (χ3v) is 2.48. The monoisotopic (exact) mass is 236 g/mol. The predicted octanol–water partition coefficient (Wildman–Crippen LogP) is 1.45. The summed E-state index contributed by atoms with van der Waals surface area (Å²) in [7, 11) is 5.20. The molecule has 0 bridgehead atoms. The lowest BCUT2D eigenvalue weighted by molar-refractivity contribution is -0.124. The summed E-state index contributed by atoms with van der Waals surface area (Å²) in [6.07, 6.45) is 0.327. The summed E-state index contributed by atoms with van der Waals surface area (Å²) in [4.78, 5) is 11.7. The Bertz CT molecular complexity index is 414. The Morgan fingerprint density at radius 1 is 1.35 bits per heavy atom. The number of aryl methyl sites for hydroxylation is 2. The molecule has 0 heterocycles.